The van der Waals surface area contributed by atoms with Crippen molar-refractivity contribution < 1.29 is 9.47 Å². The third-order valence-electron chi connectivity index (χ3n) is 4.37. The van der Waals surface area contributed by atoms with E-state index < -0.39 is 0 Å². The Bertz CT molecular complexity index is 416. The molecule has 1 aromatic heterocycles. The summed E-state index contributed by atoms with van der Waals surface area (Å²) in [5, 5.41) is 3.43. The second-order valence-corrected chi connectivity index (χ2v) is 6.14. The summed E-state index contributed by atoms with van der Waals surface area (Å²) in [7, 11) is 0. The van der Waals surface area contributed by atoms with Gasteiger partial charge in [0.05, 0.1) is 12.7 Å². The van der Waals surface area contributed by atoms with Crippen molar-refractivity contribution in [2.24, 2.45) is 5.92 Å². The maximum Gasteiger partial charge on any atom is 0.168 e. The Kier molecular flexibility index (Phi) is 4.34. The SMILES string of the molecule is CC1CCC2(CC1)OCC(CNCc1cccnc1)O2. The van der Waals surface area contributed by atoms with E-state index in [4.69, 9.17) is 9.47 Å². The lowest BCUT2D eigenvalue weighted by Gasteiger charge is -2.34. The summed E-state index contributed by atoms with van der Waals surface area (Å²) >= 11 is 0. The predicted octanol–water partition coefficient (Wildman–Crippen LogP) is 2.49. The summed E-state index contributed by atoms with van der Waals surface area (Å²) in [5.74, 6) is 0.545. The first-order valence-corrected chi connectivity index (χ1v) is 7.67. The Morgan fingerprint density at radius 2 is 2.25 bits per heavy atom. The lowest BCUT2D eigenvalue weighted by Crippen LogP contribution is -2.37. The van der Waals surface area contributed by atoms with E-state index in [2.05, 4.69) is 23.3 Å². The zero-order valence-corrected chi connectivity index (χ0v) is 12.2. The van der Waals surface area contributed by atoms with Gasteiger partial charge in [-0.15, -0.1) is 0 Å². The predicted molar refractivity (Wildman–Crippen MR) is 77.1 cm³/mol. The molecule has 0 radical (unpaired) electrons. The monoisotopic (exact) mass is 276 g/mol. The van der Waals surface area contributed by atoms with Gasteiger partial charge in [-0.1, -0.05) is 13.0 Å². The normalized spacial score (nSPS) is 33.6. The van der Waals surface area contributed by atoms with Crippen LogP contribution >= 0.6 is 0 Å². The number of nitrogens with zero attached hydrogens (tertiary/aromatic N) is 1. The fourth-order valence-electron chi connectivity index (χ4n) is 3.06. The fourth-order valence-corrected chi connectivity index (χ4v) is 3.06. The molecule has 2 aliphatic rings. The third-order valence-corrected chi connectivity index (χ3v) is 4.37. The first-order valence-electron chi connectivity index (χ1n) is 7.67. The van der Waals surface area contributed by atoms with E-state index in [1.165, 1.54) is 18.4 Å². The number of rotatable bonds is 4. The molecule has 1 atom stereocenters. The van der Waals surface area contributed by atoms with Crippen molar-refractivity contribution in [3.63, 3.8) is 0 Å². The van der Waals surface area contributed by atoms with Crippen LogP contribution in [0.4, 0.5) is 0 Å². The van der Waals surface area contributed by atoms with E-state index >= 15 is 0 Å². The molecule has 1 aliphatic heterocycles. The van der Waals surface area contributed by atoms with E-state index in [1.807, 2.05) is 12.3 Å². The van der Waals surface area contributed by atoms with Crippen LogP contribution < -0.4 is 5.32 Å². The minimum absolute atomic E-state index is 0.181. The molecule has 1 saturated heterocycles. The Morgan fingerprint density at radius 1 is 1.40 bits per heavy atom. The van der Waals surface area contributed by atoms with Gasteiger partial charge in [0.15, 0.2) is 5.79 Å². The highest BCUT2D eigenvalue weighted by molar-refractivity contribution is 5.07. The van der Waals surface area contributed by atoms with Gasteiger partial charge in [-0.2, -0.15) is 0 Å². The van der Waals surface area contributed by atoms with Crippen molar-refractivity contribution in [2.45, 2.75) is 51.0 Å². The van der Waals surface area contributed by atoms with Crippen LogP contribution in [0.3, 0.4) is 0 Å². The second kappa shape index (κ2) is 6.20. The summed E-state index contributed by atoms with van der Waals surface area (Å²) in [4.78, 5) is 4.11. The van der Waals surface area contributed by atoms with Crippen LogP contribution in [0.2, 0.25) is 0 Å². The highest BCUT2D eigenvalue weighted by atomic mass is 16.7. The molecule has 1 N–H and O–H groups in total. The van der Waals surface area contributed by atoms with Gasteiger partial charge in [0.25, 0.3) is 0 Å². The van der Waals surface area contributed by atoms with Crippen molar-refractivity contribution in [3.05, 3.63) is 30.1 Å². The molecule has 1 aliphatic carbocycles. The smallest absolute Gasteiger partial charge is 0.168 e. The molecule has 2 heterocycles. The molecule has 1 saturated carbocycles. The first-order chi connectivity index (χ1) is 9.76. The van der Waals surface area contributed by atoms with Crippen molar-refractivity contribution >= 4 is 0 Å². The topological polar surface area (TPSA) is 43.4 Å². The summed E-state index contributed by atoms with van der Waals surface area (Å²) < 4.78 is 12.1. The number of nitrogens with one attached hydrogen (secondary N) is 1. The standard InChI is InChI=1S/C16H24N2O2/c1-13-4-6-16(7-5-13)19-12-15(20-16)11-18-10-14-3-2-8-17-9-14/h2-3,8-9,13,15,18H,4-7,10-12H2,1H3. The zero-order valence-electron chi connectivity index (χ0n) is 12.2. The summed E-state index contributed by atoms with van der Waals surface area (Å²) in [6, 6.07) is 4.04. The molecule has 0 bridgehead atoms. The van der Waals surface area contributed by atoms with Gasteiger partial charge in [-0.3, -0.25) is 4.98 Å². The number of pyridine rings is 1. The average molecular weight is 276 g/mol. The molecule has 4 nitrogen and oxygen atoms in total. The molecule has 0 aromatic carbocycles. The fraction of sp³-hybridized carbons (Fsp3) is 0.688. The van der Waals surface area contributed by atoms with Gasteiger partial charge in [0.2, 0.25) is 0 Å². The number of ether oxygens (including phenoxy) is 2. The molecule has 0 amide bonds. The third kappa shape index (κ3) is 3.37. The van der Waals surface area contributed by atoms with Gasteiger partial charge in [-0.05, 0) is 30.4 Å². The largest absolute Gasteiger partial charge is 0.347 e. The summed E-state index contributed by atoms with van der Waals surface area (Å²) in [6.45, 7) is 4.70. The minimum Gasteiger partial charge on any atom is -0.347 e. The van der Waals surface area contributed by atoms with Gasteiger partial charge in [-0.25, -0.2) is 0 Å². The molecule has 1 unspecified atom stereocenters. The Morgan fingerprint density at radius 3 is 3.00 bits per heavy atom. The number of aromatic nitrogens is 1. The molecule has 1 spiro atoms. The maximum absolute atomic E-state index is 6.18. The van der Waals surface area contributed by atoms with Crippen molar-refractivity contribution in [1.82, 2.24) is 10.3 Å². The van der Waals surface area contributed by atoms with Crippen molar-refractivity contribution in [1.29, 1.82) is 0 Å². The summed E-state index contributed by atoms with van der Waals surface area (Å²) in [6.07, 6.45) is 8.40. The van der Waals surface area contributed by atoms with Gasteiger partial charge >= 0.3 is 0 Å². The van der Waals surface area contributed by atoms with Gasteiger partial charge in [0, 0.05) is 38.3 Å². The zero-order chi connectivity index (χ0) is 13.8. The molecule has 1 aromatic rings. The highest BCUT2D eigenvalue weighted by Gasteiger charge is 2.43. The Hall–Kier alpha value is -0.970. The van der Waals surface area contributed by atoms with Crippen molar-refractivity contribution in [3.8, 4) is 0 Å². The molecule has 20 heavy (non-hydrogen) atoms. The van der Waals surface area contributed by atoms with Crippen LogP contribution in [0.5, 0.6) is 0 Å². The molecular formula is C16H24N2O2. The first kappa shape index (κ1) is 14.0. The molecule has 2 fully saturated rings. The number of hydrogen-bond donors (Lipinski definition) is 1. The van der Waals surface area contributed by atoms with Crippen LogP contribution in [-0.2, 0) is 16.0 Å². The molecule has 110 valence electrons. The molecule has 3 rings (SSSR count). The van der Waals surface area contributed by atoms with E-state index in [1.54, 1.807) is 6.20 Å². The number of hydrogen-bond acceptors (Lipinski definition) is 4. The van der Waals surface area contributed by atoms with Gasteiger partial charge in [0.1, 0.15) is 0 Å². The lowest BCUT2D eigenvalue weighted by atomic mass is 9.86. The maximum atomic E-state index is 6.18. The van der Waals surface area contributed by atoms with E-state index in [9.17, 15) is 0 Å². The average Bonchev–Trinajstić information content (AvgIpc) is 2.87. The van der Waals surface area contributed by atoms with E-state index in [-0.39, 0.29) is 11.9 Å². The second-order valence-electron chi connectivity index (χ2n) is 6.14. The van der Waals surface area contributed by atoms with Crippen LogP contribution in [0.25, 0.3) is 0 Å². The van der Waals surface area contributed by atoms with Crippen LogP contribution in [0.1, 0.15) is 38.2 Å². The van der Waals surface area contributed by atoms with E-state index in [0.717, 1.165) is 31.8 Å². The van der Waals surface area contributed by atoms with E-state index in [0.29, 0.717) is 6.61 Å². The lowest BCUT2D eigenvalue weighted by molar-refractivity contribution is -0.191. The van der Waals surface area contributed by atoms with Crippen LogP contribution in [0, 0.1) is 5.92 Å². The Balaban J connectivity index is 1.42. The Labute approximate surface area is 120 Å². The molecule has 4 heteroatoms. The van der Waals surface area contributed by atoms with Crippen molar-refractivity contribution in [2.75, 3.05) is 13.2 Å². The van der Waals surface area contributed by atoms with Gasteiger partial charge < -0.3 is 14.8 Å². The summed E-state index contributed by atoms with van der Waals surface area (Å²) in [5.41, 5.74) is 1.20. The minimum atomic E-state index is -0.271. The van der Waals surface area contributed by atoms with Crippen LogP contribution in [-0.4, -0.2) is 30.0 Å². The molecular weight excluding hydrogens is 252 g/mol. The quantitative estimate of drug-likeness (QED) is 0.917. The highest BCUT2D eigenvalue weighted by Crippen LogP contribution is 2.39. The van der Waals surface area contributed by atoms with Crippen LogP contribution in [0.15, 0.2) is 24.5 Å².